The number of rotatable bonds is 4. The lowest BCUT2D eigenvalue weighted by Crippen LogP contribution is -2.34. The first-order chi connectivity index (χ1) is 12.6. The van der Waals surface area contributed by atoms with Gasteiger partial charge in [0.25, 0.3) is 0 Å². The summed E-state index contributed by atoms with van der Waals surface area (Å²) in [6.45, 7) is 5.27. The molecule has 4 rings (SSSR count). The Balaban J connectivity index is 1.53. The first kappa shape index (κ1) is 17.3. The molecule has 0 bridgehead atoms. The molecule has 1 aliphatic rings. The van der Waals surface area contributed by atoms with Crippen LogP contribution in [0.3, 0.4) is 0 Å². The Kier molecular flexibility index (Phi) is 4.83. The number of hydrogen-bond donors (Lipinski definition) is 1. The lowest BCUT2D eigenvalue weighted by atomic mass is 9.90. The maximum atomic E-state index is 6.04. The van der Waals surface area contributed by atoms with Crippen molar-refractivity contribution in [1.82, 2.24) is 24.9 Å². The molecule has 0 spiro atoms. The maximum absolute atomic E-state index is 6.04. The van der Waals surface area contributed by atoms with Gasteiger partial charge in [-0.05, 0) is 44.0 Å². The zero-order valence-corrected chi connectivity index (χ0v) is 16.0. The molecule has 0 unspecified atom stereocenters. The molecule has 1 aliphatic heterocycles. The van der Waals surface area contributed by atoms with Crippen LogP contribution in [0.2, 0.25) is 5.02 Å². The summed E-state index contributed by atoms with van der Waals surface area (Å²) in [4.78, 5) is 2.53. The number of benzene rings is 1. The standard InChI is InChI=1S/C20H24ClN5/c1-14-17(10-23-25(14)2)13-26-9-3-4-16(12-26)20-19(11-22-24-20)15-5-7-18(21)8-6-15/h5-8,10-11,16H,3-4,9,12-13H2,1-2H3,(H,22,24)/t16-/m0/s1. The molecule has 26 heavy (non-hydrogen) atoms. The highest BCUT2D eigenvalue weighted by atomic mass is 35.5. The molecule has 3 aromatic rings. The number of nitrogens with zero attached hydrogens (tertiary/aromatic N) is 4. The second-order valence-corrected chi connectivity index (χ2v) is 7.59. The Morgan fingerprint density at radius 2 is 2.04 bits per heavy atom. The maximum Gasteiger partial charge on any atom is 0.0568 e. The van der Waals surface area contributed by atoms with E-state index in [9.17, 15) is 0 Å². The third kappa shape index (κ3) is 3.41. The summed E-state index contributed by atoms with van der Waals surface area (Å²) in [5, 5.41) is 12.7. The number of likely N-dealkylation sites (tertiary alicyclic amines) is 1. The molecule has 0 saturated carbocycles. The van der Waals surface area contributed by atoms with Crippen LogP contribution in [0.4, 0.5) is 0 Å². The van der Waals surface area contributed by atoms with Gasteiger partial charge in [-0.25, -0.2) is 0 Å². The first-order valence-electron chi connectivity index (χ1n) is 9.11. The fourth-order valence-electron chi connectivity index (χ4n) is 3.84. The first-order valence-corrected chi connectivity index (χ1v) is 9.48. The molecular formula is C20H24ClN5. The van der Waals surface area contributed by atoms with Gasteiger partial charge in [0.2, 0.25) is 0 Å². The number of H-pyrrole nitrogens is 1. The van der Waals surface area contributed by atoms with E-state index in [0.29, 0.717) is 5.92 Å². The monoisotopic (exact) mass is 369 g/mol. The Morgan fingerprint density at radius 3 is 2.77 bits per heavy atom. The normalized spacial score (nSPS) is 18.3. The molecule has 1 fully saturated rings. The summed E-state index contributed by atoms with van der Waals surface area (Å²) in [5.74, 6) is 0.467. The highest BCUT2D eigenvalue weighted by Gasteiger charge is 2.25. The van der Waals surface area contributed by atoms with Gasteiger partial charge in [0.1, 0.15) is 0 Å². The van der Waals surface area contributed by atoms with Crippen molar-refractivity contribution in [2.24, 2.45) is 7.05 Å². The van der Waals surface area contributed by atoms with Crippen molar-refractivity contribution in [2.45, 2.75) is 32.2 Å². The van der Waals surface area contributed by atoms with E-state index in [4.69, 9.17) is 11.6 Å². The van der Waals surface area contributed by atoms with Crippen LogP contribution in [-0.2, 0) is 13.6 Å². The summed E-state index contributed by atoms with van der Waals surface area (Å²) in [6, 6.07) is 8.00. The highest BCUT2D eigenvalue weighted by molar-refractivity contribution is 6.30. The summed E-state index contributed by atoms with van der Waals surface area (Å²) in [5.41, 5.74) is 6.15. The van der Waals surface area contributed by atoms with Crippen molar-refractivity contribution in [2.75, 3.05) is 13.1 Å². The van der Waals surface area contributed by atoms with Crippen molar-refractivity contribution in [1.29, 1.82) is 0 Å². The third-order valence-electron chi connectivity index (χ3n) is 5.47. The molecule has 1 N–H and O–H groups in total. The number of aromatic amines is 1. The lowest BCUT2D eigenvalue weighted by Gasteiger charge is -2.32. The molecule has 1 atom stereocenters. The van der Waals surface area contributed by atoms with Crippen LogP contribution >= 0.6 is 11.6 Å². The Labute approximate surface area is 159 Å². The molecular weight excluding hydrogens is 346 g/mol. The van der Waals surface area contributed by atoms with Crippen LogP contribution in [-0.4, -0.2) is 38.0 Å². The zero-order valence-electron chi connectivity index (χ0n) is 15.2. The minimum atomic E-state index is 0.467. The van der Waals surface area contributed by atoms with Crippen molar-refractivity contribution < 1.29 is 0 Å². The molecule has 136 valence electrons. The molecule has 6 heteroatoms. The average Bonchev–Trinajstić information content (AvgIpc) is 3.25. The predicted octanol–water partition coefficient (Wildman–Crippen LogP) is 4.15. The van der Waals surface area contributed by atoms with Crippen molar-refractivity contribution in [3.05, 3.63) is 58.6 Å². The van der Waals surface area contributed by atoms with Crippen LogP contribution in [0.5, 0.6) is 0 Å². The van der Waals surface area contributed by atoms with E-state index in [1.165, 1.54) is 40.9 Å². The minimum Gasteiger partial charge on any atom is -0.298 e. The average molecular weight is 370 g/mol. The van der Waals surface area contributed by atoms with E-state index in [2.05, 4.69) is 39.3 Å². The van der Waals surface area contributed by atoms with Crippen LogP contribution in [0, 0.1) is 6.92 Å². The Bertz CT molecular complexity index is 880. The quantitative estimate of drug-likeness (QED) is 0.751. The smallest absolute Gasteiger partial charge is 0.0568 e. The van der Waals surface area contributed by atoms with E-state index in [1.807, 2.05) is 36.3 Å². The fourth-order valence-corrected chi connectivity index (χ4v) is 3.97. The van der Waals surface area contributed by atoms with Crippen LogP contribution in [0.15, 0.2) is 36.7 Å². The van der Waals surface area contributed by atoms with Gasteiger partial charge >= 0.3 is 0 Å². The van der Waals surface area contributed by atoms with Gasteiger partial charge in [0.15, 0.2) is 0 Å². The molecule has 1 saturated heterocycles. The van der Waals surface area contributed by atoms with Gasteiger partial charge in [-0.15, -0.1) is 0 Å². The second-order valence-electron chi connectivity index (χ2n) is 7.16. The van der Waals surface area contributed by atoms with E-state index in [0.717, 1.165) is 24.7 Å². The number of halogens is 1. The van der Waals surface area contributed by atoms with Gasteiger partial charge in [0.05, 0.1) is 12.4 Å². The molecule has 1 aromatic carbocycles. The highest BCUT2D eigenvalue weighted by Crippen LogP contribution is 2.33. The molecule has 3 heterocycles. The van der Waals surface area contributed by atoms with Crippen molar-refractivity contribution in [3.63, 3.8) is 0 Å². The van der Waals surface area contributed by atoms with E-state index >= 15 is 0 Å². The number of piperidine rings is 1. The SMILES string of the molecule is Cc1c(CN2CCC[C@H](c3[nH]ncc3-c3ccc(Cl)cc3)C2)cnn1C. The van der Waals surface area contributed by atoms with Crippen LogP contribution < -0.4 is 0 Å². The Morgan fingerprint density at radius 1 is 1.23 bits per heavy atom. The fraction of sp³-hybridized carbons (Fsp3) is 0.400. The van der Waals surface area contributed by atoms with Crippen molar-refractivity contribution >= 4 is 11.6 Å². The largest absolute Gasteiger partial charge is 0.298 e. The van der Waals surface area contributed by atoms with E-state index < -0.39 is 0 Å². The second kappa shape index (κ2) is 7.25. The predicted molar refractivity (Wildman–Crippen MR) is 104 cm³/mol. The van der Waals surface area contributed by atoms with E-state index in [-0.39, 0.29) is 0 Å². The van der Waals surface area contributed by atoms with Gasteiger partial charge in [-0.1, -0.05) is 23.7 Å². The van der Waals surface area contributed by atoms with Crippen LogP contribution in [0.25, 0.3) is 11.1 Å². The molecule has 0 aliphatic carbocycles. The minimum absolute atomic E-state index is 0.467. The van der Waals surface area contributed by atoms with Gasteiger partial charge < -0.3 is 0 Å². The number of aromatic nitrogens is 4. The summed E-state index contributed by atoms with van der Waals surface area (Å²) in [6.07, 6.45) is 6.31. The summed E-state index contributed by atoms with van der Waals surface area (Å²) in [7, 11) is 2.00. The van der Waals surface area contributed by atoms with Crippen molar-refractivity contribution in [3.8, 4) is 11.1 Å². The summed E-state index contributed by atoms with van der Waals surface area (Å²) < 4.78 is 1.95. The third-order valence-corrected chi connectivity index (χ3v) is 5.72. The molecule has 0 amide bonds. The van der Waals surface area contributed by atoms with Gasteiger partial charge in [0, 0.05) is 53.6 Å². The Hall–Kier alpha value is -2.11. The molecule has 0 radical (unpaired) electrons. The number of nitrogens with one attached hydrogen (secondary N) is 1. The van der Waals surface area contributed by atoms with Crippen LogP contribution in [0.1, 0.15) is 35.7 Å². The molecule has 5 nitrogen and oxygen atoms in total. The van der Waals surface area contributed by atoms with Gasteiger partial charge in [-0.3, -0.25) is 14.7 Å². The zero-order chi connectivity index (χ0) is 18.1. The number of aryl methyl sites for hydroxylation is 1. The van der Waals surface area contributed by atoms with E-state index in [1.54, 1.807) is 0 Å². The summed E-state index contributed by atoms with van der Waals surface area (Å²) >= 11 is 6.04. The topological polar surface area (TPSA) is 49.7 Å². The lowest BCUT2D eigenvalue weighted by molar-refractivity contribution is 0.198. The van der Waals surface area contributed by atoms with Gasteiger partial charge in [-0.2, -0.15) is 10.2 Å². The number of hydrogen-bond acceptors (Lipinski definition) is 3. The molecule has 2 aromatic heterocycles.